The summed E-state index contributed by atoms with van der Waals surface area (Å²) in [5.74, 6) is 1.33. The van der Waals surface area contributed by atoms with E-state index in [9.17, 15) is 8.42 Å². The zero-order valence-corrected chi connectivity index (χ0v) is 14.0. The van der Waals surface area contributed by atoms with Gasteiger partial charge in [0.15, 0.2) is 5.03 Å². The second kappa shape index (κ2) is 6.25. The fourth-order valence-electron chi connectivity index (χ4n) is 2.56. The van der Waals surface area contributed by atoms with E-state index in [2.05, 4.69) is 24.6 Å². The Morgan fingerprint density at radius 2 is 2.00 bits per heavy atom. The van der Waals surface area contributed by atoms with Gasteiger partial charge in [-0.1, -0.05) is 0 Å². The smallest absolute Gasteiger partial charge is 0.259 e. The minimum atomic E-state index is -3.66. The van der Waals surface area contributed by atoms with Gasteiger partial charge in [-0.25, -0.2) is 28.1 Å². The van der Waals surface area contributed by atoms with Crippen LogP contribution in [-0.4, -0.2) is 41.0 Å². The molecule has 2 aromatic rings. The summed E-state index contributed by atoms with van der Waals surface area (Å²) >= 11 is 0. The summed E-state index contributed by atoms with van der Waals surface area (Å²) in [4.78, 5) is 14.9. The first-order chi connectivity index (χ1) is 10.9. The summed E-state index contributed by atoms with van der Waals surface area (Å²) in [7, 11) is -1.94. The molecule has 0 spiro atoms. The van der Waals surface area contributed by atoms with Crippen LogP contribution in [0.15, 0.2) is 23.6 Å². The van der Waals surface area contributed by atoms with Crippen LogP contribution in [0.2, 0.25) is 0 Å². The Bertz CT molecular complexity index is 795. The molecule has 1 aliphatic heterocycles. The van der Waals surface area contributed by atoms with Crippen LogP contribution in [0, 0.1) is 6.92 Å². The van der Waals surface area contributed by atoms with Gasteiger partial charge in [-0.15, -0.1) is 0 Å². The molecule has 0 saturated carbocycles. The molecule has 3 rings (SSSR count). The minimum absolute atomic E-state index is 0.00702. The van der Waals surface area contributed by atoms with E-state index in [1.54, 1.807) is 11.6 Å². The zero-order chi connectivity index (χ0) is 16.4. The number of anilines is 1. The van der Waals surface area contributed by atoms with Crippen LogP contribution < -0.4 is 9.62 Å². The van der Waals surface area contributed by atoms with Crippen molar-refractivity contribution in [2.24, 2.45) is 7.05 Å². The molecule has 124 valence electrons. The molecule has 8 nitrogen and oxygen atoms in total. The minimum Gasteiger partial charge on any atom is -0.357 e. The molecule has 0 amide bonds. The molecule has 0 atom stereocenters. The summed E-state index contributed by atoms with van der Waals surface area (Å²) in [6.07, 6.45) is 5.22. The van der Waals surface area contributed by atoms with Gasteiger partial charge >= 0.3 is 0 Å². The zero-order valence-electron chi connectivity index (χ0n) is 13.2. The summed E-state index contributed by atoms with van der Waals surface area (Å²) in [6, 6.07) is 1.93. The van der Waals surface area contributed by atoms with Gasteiger partial charge in [-0.05, 0) is 19.8 Å². The van der Waals surface area contributed by atoms with Gasteiger partial charge in [-0.3, -0.25) is 0 Å². The standard InChI is InChI=1S/C14H20N6O2S/c1-11-7-13(20-5-3-4-6-20)18-12(17-11)8-16-23(21,22)14-9-19(2)10-15-14/h7,9-10,16H,3-6,8H2,1-2H3. The van der Waals surface area contributed by atoms with Crippen molar-refractivity contribution in [2.75, 3.05) is 18.0 Å². The number of aromatic nitrogens is 4. The SMILES string of the molecule is Cc1cc(N2CCCC2)nc(CNS(=O)(=O)c2cn(C)cn2)n1. The predicted molar refractivity (Wildman–Crippen MR) is 85.4 cm³/mol. The summed E-state index contributed by atoms with van der Waals surface area (Å²) in [6.45, 7) is 3.89. The normalized spacial score (nSPS) is 15.3. The first-order valence-corrected chi connectivity index (χ1v) is 8.99. The first kappa shape index (κ1) is 15.9. The molecule has 23 heavy (non-hydrogen) atoms. The molecule has 0 bridgehead atoms. The van der Waals surface area contributed by atoms with Gasteiger partial charge in [0.05, 0.1) is 12.9 Å². The van der Waals surface area contributed by atoms with Crippen LogP contribution in [-0.2, 0) is 23.6 Å². The van der Waals surface area contributed by atoms with Crippen LogP contribution in [0.3, 0.4) is 0 Å². The Kier molecular flexibility index (Phi) is 4.31. The maximum atomic E-state index is 12.2. The highest BCUT2D eigenvalue weighted by atomic mass is 32.2. The average Bonchev–Trinajstić information content (AvgIpc) is 3.16. The molecule has 1 N–H and O–H groups in total. The van der Waals surface area contributed by atoms with Gasteiger partial charge in [0.25, 0.3) is 10.0 Å². The topological polar surface area (TPSA) is 93.0 Å². The molecule has 3 heterocycles. The first-order valence-electron chi connectivity index (χ1n) is 7.51. The fourth-order valence-corrected chi connectivity index (χ4v) is 3.52. The Hall–Kier alpha value is -2.00. The number of aryl methyl sites for hydroxylation is 2. The summed E-state index contributed by atoms with van der Waals surface area (Å²) < 4.78 is 28.5. The van der Waals surface area contributed by atoms with E-state index in [-0.39, 0.29) is 11.6 Å². The lowest BCUT2D eigenvalue weighted by Gasteiger charge is -2.17. The van der Waals surface area contributed by atoms with Gasteiger partial charge < -0.3 is 9.47 Å². The highest BCUT2D eigenvalue weighted by Gasteiger charge is 2.19. The Morgan fingerprint density at radius 1 is 1.26 bits per heavy atom. The van der Waals surface area contributed by atoms with Crippen molar-refractivity contribution in [1.82, 2.24) is 24.2 Å². The molecule has 0 aromatic carbocycles. The molecule has 1 fully saturated rings. The van der Waals surface area contributed by atoms with Crippen LogP contribution in [0.25, 0.3) is 0 Å². The second-order valence-electron chi connectivity index (χ2n) is 5.68. The number of hydrogen-bond donors (Lipinski definition) is 1. The Morgan fingerprint density at radius 3 is 2.65 bits per heavy atom. The summed E-state index contributed by atoms with van der Waals surface area (Å²) in [5, 5.41) is -0.00702. The van der Waals surface area contributed by atoms with Crippen molar-refractivity contribution in [1.29, 1.82) is 0 Å². The molecule has 0 unspecified atom stereocenters. The van der Waals surface area contributed by atoms with Crippen molar-refractivity contribution in [3.63, 3.8) is 0 Å². The number of hydrogen-bond acceptors (Lipinski definition) is 6. The fraction of sp³-hybridized carbons (Fsp3) is 0.500. The van der Waals surface area contributed by atoms with Gasteiger partial charge in [0, 0.05) is 38.1 Å². The van der Waals surface area contributed by atoms with Crippen LogP contribution in [0.5, 0.6) is 0 Å². The van der Waals surface area contributed by atoms with Crippen LogP contribution >= 0.6 is 0 Å². The van der Waals surface area contributed by atoms with E-state index in [0.29, 0.717) is 5.82 Å². The third kappa shape index (κ3) is 3.67. The Labute approximate surface area is 135 Å². The van der Waals surface area contributed by atoms with Gasteiger partial charge in [0.1, 0.15) is 11.6 Å². The number of nitrogens with one attached hydrogen (secondary N) is 1. The molecule has 1 saturated heterocycles. The maximum absolute atomic E-state index is 12.2. The van der Waals surface area contributed by atoms with Gasteiger partial charge in [-0.2, -0.15) is 0 Å². The van der Waals surface area contributed by atoms with Crippen molar-refractivity contribution < 1.29 is 8.42 Å². The Balaban J connectivity index is 1.75. The monoisotopic (exact) mass is 336 g/mol. The third-order valence-corrected chi connectivity index (χ3v) is 4.98. The van der Waals surface area contributed by atoms with E-state index in [0.717, 1.165) is 37.4 Å². The molecule has 0 radical (unpaired) electrons. The highest BCUT2D eigenvalue weighted by molar-refractivity contribution is 7.89. The van der Waals surface area contributed by atoms with Crippen molar-refractivity contribution in [3.05, 3.63) is 30.1 Å². The predicted octanol–water partition coefficient (Wildman–Crippen LogP) is 0.597. The molecular formula is C14H20N6O2S. The second-order valence-corrected chi connectivity index (χ2v) is 7.39. The third-order valence-electron chi connectivity index (χ3n) is 3.69. The largest absolute Gasteiger partial charge is 0.357 e. The number of rotatable bonds is 5. The molecule has 2 aromatic heterocycles. The van der Waals surface area contributed by atoms with E-state index >= 15 is 0 Å². The van der Waals surface area contributed by atoms with E-state index in [4.69, 9.17) is 0 Å². The number of nitrogens with zero attached hydrogens (tertiary/aromatic N) is 5. The molecule has 1 aliphatic rings. The highest BCUT2D eigenvalue weighted by Crippen LogP contribution is 2.18. The molecule has 0 aliphatic carbocycles. The molecule has 9 heteroatoms. The summed E-state index contributed by atoms with van der Waals surface area (Å²) in [5.41, 5.74) is 0.828. The molecular weight excluding hydrogens is 316 g/mol. The van der Waals surface area contributed by atoms with Crippen LogP contribution in [0.1, 0.15) is 24.4 Å². The van der Waals surface area contributed by atoms with Crippen molar-refractivity contribution >= 4 is 15.8 Å². The van der Waals surface area contributed by atoms with Crippen molar-refractivity contribution in [3.8, 4) is 0 Å². The van der Waals surface area contributed by atoms with E-state index in [1.807, 2.05) is 13.0 Å². The number of imidazole rings is 1. The lowest BCUT2D eigenvalue weighted by atomic mass is 10.4. The van der Waals surface area contributed by atoms with E-state index in [1.165, 1.54) is 12.5 Å². The van der Waals surface area contributed by atoms with Gasteiger partial charge in [0.2, 0.25) is 0 Å². The number of sulfonamides is 1. The average molecular weight is 336 g/mol. The lowest BCUT2D eigenvalue weighted by molar-refractivity contribution is 0.575. The maximum Gasteiger partial charge on any atom is 0.259 e. The van der Waals surface area contributed by atoms with E-state index < -0.39 is 10.0 Å². The lowest BCUT2D eigenvalue weighted by Crippen LogP contribution is -2.26. The quantitative estimate of drug-likeness (QED) is 0.859. The van der Waals surface area contributed by atoms with Crippen molar-refractivity contribution in [2.45, 2.75) is 31.3 Å². The van der Waals surface area contributed by atoms with Crippen LogP contribution in [0.4, 0.5) is 5.82 Å².